The Morgan fingerprint density at radius 3 is 2.72 bits per heavy atom. The van der Waals surface area contributed by atoms with Crippen LogP contribution in [0.25, 0.3) is 0 Å². The second kappa shape index (κ2) is 7.46. The molecule has 0 aromatic carbocycles. The van der Waals surface area contributed by atoms with Crippen LogP contribution < -0.4 is 0 Å². The summed E-state index contributed by atoms with van der Waals surface area (Å²) in [5, 5.41) is 8.96. The lowest BCUT2D eigenvalue weighted by Gasteiger charge is -2.43. The number of hydrogen-bond donors (Lipinski definition) is 1. The van der Waals surface area contributed by atoms with Gasteiger partial charge in [0.15, 0.2) is 0 Å². The van der Waals surface area contributed by atoms with Gasteiger partial charge >= 0.3 is 0 Å². The van der Waals surface area contributed by atoms with Crippen molar-refractivity contribution in [2.75, 3.05) is 39.3 Å². The maximum Gasteiger partial charge on any atom is 0.0431 e. The maximum atomic E-state index is 8.96. The highest BCUT2D eigenvalue weighted by Crippen LogP contribution is 2.25. The lowest BCUT2D eigenvalue weighted by atomic mass is 9.91. The lowest BCUT2D eigenvalue weighted by Crippen LogP contribution is -2.51. The van der Waals surface area contributed by atoms with Crippen LogP contribution in [0.15, 0.2) is 0 Å². The van der Waals surface area contributed by atoms with Crippen molar-refractivity contribution in [3.63, 3.8) is 0 Å². The average molecular weight is 254 g/mol. The Morgan fingerprint density at radius 2 is 1.94 bits per heavy atom. The SMILES string of the molecule is CCN1CCC[C@@H](N2CCC[C@H](CCCO)C2)C1. The predicted molar refractivity (Wildman–Crippen MR) is 75.8 cm³/mol. The molecule has 0 aromatic heterocycles. The van der Waals surface area contributed by atoms with E-state index >= 15 is 0 Å². The van der Waals surface area contributed by atoms with E-state index in [4.69, 9.17) is 5.11 Å². The first kappa shape index (κ1) is 14.3. The van der Waals surface area contributed by atoms with Crippen molar-refractivity contribution in [3.05, 3.63) is 0 Å². The molecule has 0 aromatic rings. The third kappa shape index (κ3) is 3.94. The summed E-state index contributed by atoms with van der Waals surface area (Å²) in [6.45, 7) is 9.02. The normalized spacial score (nSPS) is 31.7. The first-order valence-electron chi connectivity index (χ1n) is 7.90. The summed E-state index contributed by atoms with van der Waals surface area (Å²) in [6, 6.07) is 0.802. The molecule has 0 saturated carbocycles. The maximum absolute atomic E-state index is 8.96. The predicted octanol–water partition coefficient (Wildman–Crippen LogP) is 1.96. The van der Waals surface area contributed by atoms with Gasteiger partial charge in [0.1, 0.15) is 0 Å². The van der Waals surface area contributed by atoms with Crippen LogP contribution in [0.3, 0.4) is 0 Å². The summed E-state index contributed by atoms with van der Waals surface area (Å²) in [4.78, 5) is 5.35. The molecule has 0 radical (unpaired) electrons. The van der Waals surface area contributed by atoms with Crippen LogP contribution in [-0.4, -0.2) is 60.3 Å². The third-order valence-corrected chi connectivity index (χ3v) is 4.77. The van der Waals surface area contributed by atoms with Crippen molar-refractivity contribution in [1.29, 1.82) is 0 Å². The third-order valence-electron chi connectivity index (χ3n) is 4.77. The number of aliphatic hydroxyl groups is 1. The molecule has 2 heterocycles. The van der Waals surface area contributed by atoms with E-state index in [0.29, 0.717) is 6.61 Å². The molecule has 2 fully saturated rings. The van der Waals surface area contributed by atoms with Gasteiger partial charge in [0.25, 0.3) is 0 Å². The quantitative estimate of drug-likeness (QED) is 0.812. The average Bonchev–Trinajstić information content (AvgIpc) is 2.45. The number of likely N-dealkylation sites (tertiary alicyclic amines) is 2. The minimum Gasteiger partial charge on any atom is -0.396 e. The summed E-state index contributed by atoms with van der Waals surface area (Å²) >= 11 is 0. The van der Waals surface area contributed by atoms with Gasteiger partial charge in [-0.1, -0.05) is 6.92 Å². The van der Waals surface area contributed by atoms with Gasteiger partial charge in [0.05, 0.1) is 0 Å². The number of rotatable bonds is 5. The highest BCUT2D eigenvalue weighted by Gasteiger charge is 2.28. The minimum absolute atomic E-state index is 0.365. The Labute approximate surface area is 112 Å². The summed E-state index contributed by atoms with van der Waals surface area (Å²) in [5.41, 5.74) is 0. The van der Waals surface area contributed by atoms with E-state index in [-0.39, 0.29) is 0 Å². The molecule has 2 atom stereocenters. The number of nitrogens with zero attached hydrogens (tertiary/aromatic N) is 2. The van der Waals surface area contributed by atoms with Gasteiger partial charge in [-0.2, -0.15) is 0 Å². The molecular weight excluding hydrogens is 224 g/mol. The smallest absolute Gasteiger partial charge is 0.0431 e. The lowest BCUT2D eigenvalue weighted by molar-refractivity contribution is 0.0616. The number of aliphatic hydroxyl groups excluding tert-OH is 1. The van der Waals surface area contributed by atoms with E-state index in [0.717, 1.165) is 18.4 Å². The number of likely N-dealkylation sites (N-methyl/N-ethyl adjacent to an activating group) is 1. The fraction of sp³-hybridized carbons (Fsp3) is 1.00. The van der Waals surface area contributed by atoms with Crippen LogP contribution in [0.2, 0.25) is 0 Å². The molecule has 1 N–H and O–H groups in total. The Morgan fingerprint density at radius 1 is 1.11 bits per heavy atom. The minimum atomic E-state index is 0.365. The zero-order valence-corrected chi connectivity index (χ0v) is 12.0. The van der Waals surface area contributed by atoms with E-state index in [1.165, 1.54) is 64.8 Å². The molecule has 2 saturated heterocycles. The number of hydrogen-bond acceptors (Lipinski definition) is 3. The molecule has 0 bridgehead atoms. The molecule has 18 heavy (non-hydrogen) atoms. The van der Waals surface area contributed by atoms with E-state index in [1.54, 1.807) is 0 Å². The van der Waals surface area contributed by atoms with E-state index in [1.807, 2.05) is 0 Å². The highest BCUT2D eigenvalue weighted by molar-refractivity contribution is 4.84. The zero-order valence-electron chi connectivity index (χ0n) is 12.0. The van der Waals surface area contributed by atoms with Gasteiger partial charge < -0.3 is 10.0 Å². The molecule has 2 aliphatic rings. The van der Waals surface area contributed by atoms with E-state index in [2.05, 4.69) is 16.7 Å². The molecule has 0 amide bonds. The van der Waals surface area contributed by atoms with Crippen LogP contribution in [-0.2, 0) is 0 Å². The van der Waals surface area contributed by atoms with E-state index < -0.39 is 0 Å². The molecule has 2 rings (SSSR count). The fourth-order valence-corrected chi connectivity index (χ4v) is 3.66. The molecule has 0 unspecified atom stereocenters. The van der Waals surface area contributed by atoms with Crippen molar-refractivity contribution >= 4 is 0 Å². The van der Waals surface area contributed by atoms with Crippen molar-refractivity contribution in [2.45, 2.75) is 51.5 Å². The molecule has 3 heteroatoms. The Bertz CT molecular complexity index is 235. The highest BCUT2D eigenvalue weighted by atomic mass is 16.2. The molecule has 0 spiro atoms. The zero-order chi connectivity index (χ0) is 12.8. The van der Waals surface area contributed by atoms with Gasteiger partial charge in [0.2, 0.25) is 0 Å². The van der Waals surface area contributed by atoms with Gasteiger partial charge in [-0.05, 0) is 64.1 Å². The van der Waals surface area contributed by atoms with Crippen molar-refractivity contribution in [2.24, 2.45) is 5.92 Å². The van der Waals surface area contributed by atoms with Gasteiger partial charge in [0, 0.05) is 25.7 Å². The molecule has 2 aliphatic heterocycles. The van der Waals surface area contributed by atoms with Gasteiger partial charge in [-0.15, -0.1) is 0 Å². The van der Waals surface area contributed by atoms with Crippen molar-refractivity contribution in [1.82, 2.24) is 9.80 Å². The number of piperidine rings is 2. The van der Waals surface area contributed by atoms with Crippen LogP contribution in [0.1, 0.15) is 45.4 Å². The topological polar surface area (TPSA) is 26.7 Å². The van der Waals surface area contributed by atoms with Crippen LogP contribution >= 0.6 is 0 Å². The van der Waals surface area contributed by atoms with Gasteiger partial charge in [-0.3, -0.25) is 4.90 Å². The monoisotopic (exact) mass is 254 g/mol. The van der Waals surface area contributed by atoms with Gasteiger partial charge in [-0.25, -0.2) is 0 Å². The Kier molecular flexibility index (Phi) is 5.93. The second-order valence-electron chi connectivity index (χ2n) is 6.06. The summed E-state index contributed by atoms with van der Waals surface area (Å²) in [6.07, 6.45) is 7.71. The van der Waals surface area contributed by atoms with Crippen molar-refractivity contribution in [3.8, 4) is 0 Å². The summed E-state index contributed by atoms with van der Waals surface area (Å²) in [5.74, 6) is 0.836. The Balaban J connectivity index is 1.80. The molecular formula is C15H30N2O. The Hall–Kier alpha value is -0.120. The summed E-state index contributed by atoms with van der Waals surface area (Å²) < 4.78 is 0. The second-order valence-corrected chi connectivity index (χ2v) is 6.06. The van der Waals surface area contributed by atoms with Crippen molar-refractivity contribution < 1.29 is 5.11 Å². The first-order valence-corrected chi connectivity index (χ1v) is 7.90. The molecule has 106 valence electrons. The largest absolute Gasteiger partial charge is 0.396 e. The standard InChI is InChI=1S/C15H30N2O/c1-2-16-9-4-8-15(13-16)17-10-3-6-14(12-17)7-5-11-18/h14-15,18H,2-13H2,1H3/t14-,15-/m1/s1. The summed E-state index contributed by atoms with van der Waals surface area (Å²) in [7, 11) is 0. The van der Waals surface area contributed by atoms with Crippen LogP contribution in [0.4, 0.5) is 0 Å². The molecule has 0 aliphatic carbocycles. The first-order chi connectivity index (χ1) is 8.83. The van der Waals surface area contributed by atoms with E-state index in [9.17, 15) is 0 Å². The van der Waals surface area contributed by atoms with Crippen LogP contribution in [0.5, 0.6) is 0 Å². The molecule has 3 nitrogen and oxygen atoms in total. The van der Waals surface area contributed by atoms with Crippen LogP contribution in [0, 0.1) is 5.92 Å². The fourth-order valence-electron chi connectivity index (χ4n) is 3.66.